The van der Waals surface area contributed by atoms with E-state index >= 15 is 0 Å². The topological polar surface area (TPSA) is 72.8 Å². The summed E-state index contributed by atoms with van der Waals surface area (Å²) >= 11 is 0. The fourth-order valence-electron chi connectivity index (χ4n) is 3.97. The highest BCUT2D eigenvalue weighted by molar-refractivity contribution is 5.69. The molecule has 2 rings (SSSR count). The number of carbonyl (C=O) groups excluding carboxylic acids is 2. The number of methoxy groups -OCH3 is 1. The second-order valence-electron chi connectivity index (χ2n) is 6.39. The minimum atomic E-state index is -0.262. The molecule has 5 nitrogen and oxygen atoms in total. The molecule has 0 radical (unpaired) electrons. The van der Waals surface area contributed by atoms with E-state index in [4.69, 9.17) is 4.74 Å². The van der Waals surface area contributed by atoms with Crippen LogP contribution >= 0.6 is 0 Å². The van der Waals surface area contributed by atoms with Crippen LogP contribution in [0.5, 0.6) is 0 Å². The summed E-state index contributed by atoms with van der Waals surface area (Å²) in [4.78, 5) is 22.2. The van der Waals surface area contributed by atoms with Gasteiger partial charge in [-0.05, 0) is 43.9 Å². The third kappa shape index (κ3) is 4.09. The van der Waals surface area contributed by atoms with E-state index in [9.17, 15) is 14.7 Å². The Morgan fingerprint density at radius 2 is 2.14 bits per heavy atom. The molecule has 0 spiro atoms. The smallest absolute Gasteiger partial charge is 0.305 e. The van der Waals surface area contributed by atoms with Gasteiger partial charge in [0, 0.05) is 25.9 Å². The van der Waals surface area contributed by atoms with Crippen LogP contribution in [0.2, 0.25) is 0 Å². The average Bonchev–Trinajstić information content (AvgIpc) is 2.99. The van der Waals surface area contributed by atoms with Crippen LogP contribution in [0.15, 0.2) is 11.6 Å². The molecule has 22 heavy (non-hydrogen) atoms. The third-order valence-corrected chi connectivity index (χ3v) is 4.96. The number of aliphatic hydroxyl groups is 1. The SMILES string of the molecule is COC(=O)CCC/C=C1\C[C@@H]2C[C@@H](OC(C)=O)[C@H](CO)[C@@H]2C1. The van der Waals surface area contributed by atoms with Crippen molar-refractivity contribution < 1.29 is 24.2 Å². The minimum Gasteiger partial charge on any atom is -0.469 e. The minimum absolute atomic E-state index is 0.0647. The fourth-order valence-corrected chi connectivity index (χ4v) is 3.97. The Labute approximate surface area is 131 Å². The van der Waals surface area contributed by atoms with E-state index < -0.39 is 0 Å². The Morgan fingerprint density at radius 1 is 1.36 bits per heavy atom. The summed E-state index contributed by atoms with van der Waals surface area (Å²) in [5.74, 6) is 0.567. The van der Waals surface area contributed by atoms with E-state index in [1.165, 1.54) is 19.6 Å². The number of ether oxygens (including phenoxy) is 2. The molecule has 0 heterocycles. The van der Waals surface area contributed by atoms with E-state index in [0.717, 1.165) is 32.1 Å². The van der Waals surface area contributed by atoms with E-state index in [1.807, 2.05) is 0 Å². The van der Waals surface area contributed by atoms with E-state index in [-0.39, 0.29) is 30.6 Å². The van der Waals surface area contributed by atoms with Crippen molar-refractivity contribution in [3.05, 3.63) is 11.6 Å². The molecule has 0 saturated heterocycles. The maximum absolute atomic E-state index is 11.1. The summed E-state index contributed by atoms with van der Waals surface area (Å²) in [6, 6.07) is 0. The van der Waals surface area contributed by atoms with Crippen molar-refractivity contribution >= 4 is 11.9 Å². The molecule has 0 amide bonds. The van der Waals surface area contributed by atoms with Crippen LogP contribution in [0.1, 0.15) is 45.4 Å². The Hall–Kier alpha value is -1.36. The first-order chi connectivity index (χ1) is 10.5. The van der Waals surface area contributed by atoms with Gasteiger partial charge in [-0.1, -0.05) is 11.6 Å². The van der Waals surface area contributed by atoms with Crippen LogP contribution < -0.4 is 0 Å². The lowest BCUT2D eigenvalue weighted by Gasteiger charge is -2.21. The van der Waals surface area contributed by atoms with Crippen molar-refractivity contribution in [3.63, 3.8) is 0 Å². The van der Waals surface area contributed by atoms with Crippen LogP contribution in [0.25, 0.3) is 0 Å². The van der Waals surface area contributed by atoms with Gasteiger partial charge in [0.05, 0.1) is 7.11 Å². The highest BCUT2D eigenvalue weighted by atomic mass is 16.5. The molecule has 0 unspecified atom stereocenters. The van der Waals surface area contributed by atoms with Gasteiger partial charge in [0.15, 0.2) is 0 Å². The molecule has 0 aromatic rings. The zero-order chi connectivity index (χ0) is 16.1. The van der Waals surface area contributed by atoms with Gasteiger partial charge in [-0.2, -0.15) is 0 Å². The van der Waals surface area contributed by atoms with Crippen LogP contribution in [-0.2, 0) is 19.1 Å². The Morgan fingerprint density at radius 3 is 2.77 bits per heavy atom. The monoisotopic (exact) mass is 310 g/mol. The van der Waals surface area contributed by atoms with Crippen molar-refractivity contribution in [1.82, 2.24) is 0 Å². The molecular formula is C17H26O5. The summed E-state index contributed by atoms with van der Waals surface area (Å²) in [6.07, 6.45) is 7.13. The number of rotatable bonds is 6. The second-order valence-corrected chi connectivity index (χ2v) is 6.39. The van der Waals surface area contributed by atoms with Crippen molar-refractivity contribution in [1.29, 1.82) is 0 Å². The van der Waals surface area contributed by atoms with Crippen molar-refractivity contribution in [2.45, 2.75) is 51.6 Å². The molecule has 2 saturated carbocycles. The molecule has 4 atom stereocenters. The predicted molar refractivity (Wildman–Crippen MR) is 80.9 cm³/mol. The maximum Gasteiger partial charge on any atom is 0.305 e. The average molecular weight is 310 g/mol. The zero-order valence-corrected chi connectivity index (χ0v) is 13.4. The molecule has 2 aliphatic rings. The van der Waals surface area contributed by atoms with Crippen LogP contribution in [0.3, 0.4) is 0 Å². The van der Waals surface area contributed by atoms with Gasteiger partial charge < -0.3 is 14.6 Å². The number of hydrogen-bond donors (Lipinski definition) is 1. The number of unbranched alkanes of at least 4 members (excludes halogenated alkanes) is 1. The van der Waals surface area contributed by atoms with Gasteiger partial charge in [0.1, 0.15) is 6.10 Å². The summed E-state index contributed by atoms with van der Waals surface area (Å²) in [6.45, 7) is 1.50. The third-order valence-electron chi connectivity index (χ3n) is 4.96. The molecule has 2 aliphatic carbocycles. The number of hydrogen-bond acceptors (Lipinski definition) is 5. The summed E-state index contributed by atoms with van der Waals surface area (Å²) in [5.41, 5.74) is 1.42. The van der Waals surface area contributed by atoms with Gasteiger partial charge in [0.2, 0.25) is 0 Å². The van der Waals surface area contributed by atoms with Crippen molar-refractivity contribution in [3.8, 4) is 0 Å². The number of esters is 2. The molecule has 0 aromatic heterocycles. The molecule has 2 fully saturated rings. The van der Waals surface area contributed by atoms with Crippen molar-refractivity contribution in [2.24, 2.45) is 17.8 Å². The maximum atomic E-state index is 11.1. The lowest BCUT2D eigenvalue weighted by molar-refractivity contribution is -0.149. The molecule has 0 aromatic carbocycles. The van der Waals surface area contributed by atoms with Crippen molar-refractivity contribution in [2.75, 3.05) is 13.7 Å². The Bertz CT molecular complexity index is 442. The quantitative estimate of drug-likeness (QED) is 0.463. The molecule has 0 aliphatic heterocycles. The molecule has 5 heteroatoms. The fraction of sp³-hybridized carbons (Fsp3) is 0.765. The van der Waals surface area contributed by atoms with E-state index in [2.05, 4.69) is 10.8 Å². The summed E-state index contributed by atoms with van der Waals surface area (Å²) < 4.78 is 9.98. The first kappa shape index (κ1) is 17.0. The number of carbonyl (C=O) groups is 2. The molecule has 0 bridgehead atoms. The summed E-state index contributed by atoms with van der Waals surface area (Å²) in [7, 11) is 1.41. The lowest BCUT2D eigenvalue weighted by atomic mass is 9.92. The van der Waals surface area contributed by atoms with Gasteiger partial charge in [-0.3, -0.25) is 9.59 Å². The van der Waals surface area contributed by atoms with Crippen LogP contribution in [0, 0.1) is 17.8 Å². The largest absolute Gasteiger partial charge is 0.469 e. The van der Waals surface area contributed by atoms with Gasteiger partial charge in [0.25, 0.3) is 0 Å². The molecule has 124 valence electrons. The van der Waals surface area contributed by atoms with Gasteiger partial charge in [-0.25, -0.2) is 0 Å². The second kappa shape index (κ2) is 7.77. The van der Waals surface area contributed by atoms with E-state index in [1.54, 1.807) is 0 Å². The Kier molecular flexibility index (Phi) is 6.00. The molecular weight excluding hydrogens is 284 g/mol. The first-order valence-electron chi connectivity index (χ1n) is 8.08. The first-order valence-corrected chi connectivity index (χ1v) is 8.08. The molecule has 1 N–H and O–H groups in total. The van der Waals surface area contributed by atoms with Crippen LogP contribution in [0.4, 0.5) is 0 Å². The normalized spacial score (nSPS) is 32.0. The zero-order valence-electron chi connectivity index (χ0n) is 13.4. The summed E-state index contributed by atoms with van der Waals surface area (Å²) in [5, 5.41) is 9.62. The van der Waals surface area contributed by atoms with Crippen LogP contribution in [-0.4, -0.2) is 36.9 Å². The number of allylic oxidation sites excluding steroid dienone is 2. The lowest BCUT2D eigenvalue weighted by Crippen LogP contribution is -2.27. The van der Waals surface area contributed by atoms with Gasteiger partial charge in [-0.15, -0.1) is 0 Å². The highest BCUT2D eigenvalue weighted by Crippen LogP contribution is 2.50. The Balaban J connectivity index is 1.83. The number of fused-ring (bicyclic) bond motifs is 1. The standard InChI is InChI=1S/C17H26O5/c1-11(19)22-16-9-13-7-12(8-14(13)15(16)10-18)5-3-4-6-17(20)21-2/h5,13-16,18H,3-4,6-10H2,1-2H3/b12-5+/t13-,14-,15-,16-/m1/s1. The predicted octanol–water partition coefficient (Wildman–Crippen LogP) is 2.23. The van der Waals surface area contributed by atoms with Gasteiger partial charge >= 0.3 is 11.9 Å². The van der Waals surface area contributed by atoms with E-state index in [0.29, 0.717) is 18.3 Å². The number of aliphatic hydroxyl groups excluding tert-OH is 1. The highest BCUT2D eigenvalue weighted by Gasteiger charge is 2.47.